The number of likely N-dealkylation sites (N-methyl/N-ethyl adjacent to an activating group) is 1. The van der Waals surface area contributed by atoms with Crippen molar-refractivity contribution < 1.29 is 14.7 Å². The summed E-state index contributed by atoms with van der Waals surface area (Å²) in [5, 5.41) is 13.7. The number of fused-ring (bicyclic) bond motifs is 4. The molecule has 1 saturated carbocycles. The number of allylic oxidation sites excluding steroid dienone is 2. The molecule has 2 fully saturated rings. The van der Waals surface area contributed by atoms with E-state index in [0.29, 0.717) is 24.7 Å². The standard InChI is InChI=1S/C28H40N4O4/c1-30(2)16-24(34)32-23-15-31-22(13-12-20(28(31)36)19-10-6-7-11-19)26(32)25(21(23)17-33)27(35)29-14-18-8-4-3-5-9-18/h10,12-13,18,21,23,25-26,33H,3-9,11,14-17H2,1-2H3,(H,29,35)/t21-,23-,25+,26+/m1/s1. The van der Waals surface area contributed by atoms with Gasteiger partial charge in [0.05, 0.1) is 24.5 Å². The third-order valence-electron chi connectivity index (χ3n) is 8.76. The fourth-order valence-electron chi connectivity index (χ4n) is 7.01. The van der Waals surface area contributed by atoms with Gasteiger partial charge in [-0.2, -0.15) is 0 Å². The van der Waals surface area contributed by atoms with E-state index in [-0.39, 0.29) is 30.5 Å². The minimum Gasteiger partial charge on any atom is -0.396 e. The van der Waals surface area contributed by atoms with Crippen LogP contribution in [0.25, 0.3) is 5.57 Å². The summed E-state index contributed by atoms with van der Waals surface area (Å²) in [6, 6.07) is 2.87. The van der Waals surface area contributed by atoms with Gasteiger partial charge in [0, 0.05) is 36.9 Å². The first-order valence-corrected chi connectivity index (χ1v) is 13.7. The third-order valence-corrected chi connectivity index (χ3v) is 8.76. The molecule has 4 atom stereocenters. The molecule has 5 rings (SSSR count). The summed E-state index contributed by atoms with van der Waals surface area (Å²) in [6.07, 6.45) is 11.0. The Bertz CT molecular complexity index is 1090. The molecule has 0 unspecified atom stereocenters. The summed E-state index contributed by atoms with van der Waals surface area (Å²) in [7, 11) is 3.70. The van der Waals surface area contributed by atoms with Gasteiger partial charge in [-0.1, -0.05) is 25.3 Å². The number of aromatic nitrogens is 1. The number of aliphatic hydroxyl groups is 1. The van der Waals surface area contributed by atoms with E-state index < -0.39 is 23.9 Å². The lowest BCUT2D eigenvalue weighted by molar-refractivity contribution is -0.137. The van der Waals surface area contributed by atoms with Gasteiger partial charge in [0.25, 0.3) is 5.56 Å². The Morgan fingerprint density at radius 3 is 2.58 bits per heavy atom. The average molecular weight is 497 g/mol. The molecule has 2 aliphatic carbocycles. The molecule has 2 aliphatic heterocycles. The van der Waals surface area contributed by atoms with Crippen LogP contribution in [0.3, 0.4) is 0 Å². The van der Waals surface area contributed by atoms with Crippen molar-refractivity contribution in [2.24, 2.45) is 17.8 Å². The predicted octanol–water partition coefficient (Wildman–Crippen LogP) is 2.16. The van der Waals surface area contributed by atoms with E-state index in [9.17, 15) is 19.5 Å². The molecule has 8 nitrogen and oxygen atoms in total. The molecule has 36 heavy (non-hydrogen) atoms. The van der Waals surface area contributed by atoms with E-state index >= 15 is 0 Å². The zero-order valence-corrected chi connectivity index (χ0v) is 21.6. The SMILES string of the molecule is CN(C)CC(=O)N1[C@@H]2Cn3c(ccc(C4=CCCC4)c3=O)[C@H]1[C@@H](C(=O)NCC1CCCCC1)[C@@H]2CO. The number of hydrogen-bond donors (Lipinski definition) is 2. The highest BCUT2D eigenvalue weighted by Crippen LogP contribution is 2.48. The molecule has 8 heteroatoms. The molecule has 196 valence electrons. The molecule has 2 N–H and O–H groups in total. The number of carbonyl (C=O) groups is 2. The quantitative estimate of drug-likeness (QED) is 0.603. The normalized spacial score (nSPS) is 27.8. The lowest BCUT2D eigenvalue weighted by Crippen LogP contribution is -2.51. The van der Waals surface area contributed by atoms with E-state index in [1.165, 1.54) is 19.3 Å². The molecule has 1 aromatic heterocycles. The minimum absolute atomic E-state index is 0.0460. The van der Waals surface area contributed by atoms with Gasteiger partial charge in [-0.15, -0.1) is 0 Å². The second-order valence-corrected chi connectivity index (χ2v) is 11.4. The van der Waals surface area contributed by atoms with Crippen LogP contribution >= 0.6 is 0 Å². The summed E-state index contributed by atoms with van der Waals surface area (Å²) >= 11 is 0. The Balaban J connectivity index is 1.50. The zero-order valence-electron chi connectivity index (χ0n) is 21.6. The number of nitrogens with zero attached hydrogens (tertiary/aromatic N) is 3. The second kappa shape index (κ2) is 10.5. The van der Waals surface area contributed by atoms with Crippen LogP contribution in [0.15, 0.2) is 23.0 Å². The largest absolute Gasteiger partial charge is 0.396 e. The molecule has 2 bridgehead atoms. The molecule has 1 saturated heterocycles. The van der Waals surface area contributed by atoms with Crippen molar-refractivity contribution in [3.63, 3.8) is 0 Å². The summed E-state index contributed by atoms with van der Waals surface area (Å²) in [5.41, 5.74) is 2.48. The topological polar surface area (TPSA) is 94.9 Å². The second-order valence-electron chi connectivity index (χ2n) is 11.4. The fourth-order valence-corrected chi connectivity index (χ4v) is 7.01. The van der Waals surface area contributed by atoms with Crippen molar-refractivity contribution in [1.29, 1.82) is 0 Å². The van der Waals surface area contributed by atoms with Crippen molar-refractivity contribution in [2.75, 3.05) is 33.8 Å². The Morgan fingerprint density at radius 1 is 1.14 bits per heavy atom. The van der Waals surface area contributed by atoms with Crippen molar-refractivity contribution in [3.05, 3.63) is 39.8 Å². The van der Waals surface area contributed by atoms with Crippen LogP contribution in [-0.2, 0) is 16.1 Å². The number of pyridine rings is 1. The van der Waals surface area contributed by atoms with Gasteiger partial charge in [-0.25, -0.2) is 0 Å². The van der Waals surface area contributed by atoms with Crippen LogP contribution in [0, 0.1) is 17.8 Å². The number of aliphatic hydroxyl groups excluding tert-OH is 1. The van der Waals surface area contributed by atoms with Gasteiger partial charge in [0.15, 0.2) is 0 Å². The summed E-state index contributed by atoms with van der Waals surface area (Å²) in [4.78, 5) is 44.4. The number of hydrogen-bond acceptors (Lipinski definition) is 5. The number of carbonyl (C=O) groups excluding carboxylic acids is 2. The van der Waals surface area contributed by atoms with Crippen molar-refractivity contribution in [2.45, 2.75) is 70.0 Å². The molecule has 4 aliphatic rings. The smallest absolute Gasteiger partial charge is 0.258 e. The van der Waals surface area contributed by atoms with Crippen molar-refractivity contribution >= 4 is 17.4 Å². The maximum Gasteiger partial charge on any atom is 0.258 e. The Morgan fingerprint density at radius 2 is 1.92 bits per heavy atom. The highest BCUT2D eigenvalue weighted by atomic mass is 16.3. The molecule has 0 aromatic carbocycles. The first kappa shape index (κ1) is 25.2. The van der Waals surface area contributed by atoms with Crippen LogP contribution in [0.5, 0.6) is 0 Å². The van der Waals surface area contributed by atoms with Crippen LogP contribution in [0.2, 0.25) is 0 Å². The van der Waals surface area contributed by atoms with Crippen LogP contribution < -0.4 is 10.9 Å². The monoisotopic (exact) mass is 496 g/mol. The zero-order chi connectivity index (χ0) is 25.4. The van der Waals surface area contributed by atoms with Gasteiger partial charge >= 0.3 is 0 Å². The Kier molecular flexibility index (Phi) is 7.35. The molecule has 1 aromatic rings. The molecule has 2 amide bonds. The fraction of sp³-hybridized carbons (Fsp3) is 0.679. The maximum absolute atomic E-state index is 13.7. The average Bonchev–Trinajstić information content (AvgIpc) is 3.48. The Labute approximate surface area is 213 Å². The molecule has 0 radical (unpaired) electrons. The maximum atomic E-state index is 13.7. The van der Waals surface area contributed by atoms with E-state index in [1.807, 2.05) is 31.1 Å². The van der Waals surface area contributed by atoms with Crippen molar-refractivity contribution in [1.82, 2.24) is 19.7 Å². The summed E-state index contributed by atoms with van der Waals surface area (Å²) in [6.45, 7) is 0.963. The van der Waals surface area contributed by atoms with E-state index in [0.717, 1.165) is 43.2 Å². The van der Waals surface area contributed by atoms with Gasteiger partial charge in [-0.3, -0.25) is 14.4 Å². The van der Waals surface area contributed by atoms with E-state index in [4.69, 9.17) is 0 Å². The highest BCUT2D eigenvalue weighted by molar-refractivity contribution is 5.85. The van der Waals surface area contributed by atoms with Gasteiger partial charge in [-0.05, 0) is 69.8 Å². The lowest BCUT2D eigenvalue weighted by Gasteiger charge is -2.39. The minimum atomic E-state index is -0.584. The van der Waals surface area contributed by atoms with E-state index in [1.54, 1.807) is 9.47 Å². The summed E-state index contributed by atoms with van der Waals surface area (Å²) in [5.74, 6) is -0.699. The van der Waals surface area contributed by atoms with Gasteiger partial charge in [0.2, 0.25) is 11.8 Å². The first-order chi connectivity index (χ1) is 17.4. The molecular weight excluding hydrogens is 456 g/mol. The number of nitrogens with one attached hydrogen (secondary N) is 1. The molecular formula is C28H40N4O4. The van der Waals surface area contributed by atoms with Crippen LogP contribution in [0.4, 0.5) is 0 Å². The van der Waals surface area contributed by atoms with Crippen LogP contribution in [0.1, 0.15) is 68.7 Å². The van der Waals surface area contributed by atoms with Gasteiger partial charge in [0.1, 0.15) is 0 Å². The van der Waals surface area contributed by atoms with Gasteiger partial charge < -0.3 is 24.8 Å². The third kappa shape index (κ3) is 4.54. The van der Waals surface area contributed by atoms with Crippen LogP contribution in [-0.4, -0.2) is 71.1 Å². The molecule has 0 spiro atoms. The predicted molar refractivity (Wildman–Crippen MR) is 138 cm³/mol. The van der Waals surface area contributed by atoms with Crippen molar-refractivity contribution in [3.8, 4) is 0 Å². The first-order valence-electron chi connectivity index (χ1n) is 13.7. The Hall–Kier alpha value is -2.45. The van der Waals surface area contributed by atoms with E-state index in [2.05, 4.69) is 11.4 Å². The number of amides is 2. The highest BCUT2D eigenvalue weighted by Gasteiger charge is 2.57. The number of rotatable bonds is 7. The summed E-state index contributed by atoms with van der Waals surface area (Å²) < 4.78 is 1.78. The lowest BCUT2D eigenvalue weighted by atomic mass is 9.85. The molecule has 3 heterocycles.